The van der Waals surface area contributed by atoms with Gasteiger partial charge in [-0.1, -0.05) is 27.7 Å². The first-order valence-electron chi connectivity index (χ1n) is 8.56. The van der Waals surface area contributed by atoms with E-state index in [4.69, 9.17) is 9.47 Å². The third kappa shape index (κ3) is 1.85. The Hall–Kier alpha value is -2.05. The van der Waals surface area contributed by atoms with Crippen molar-refractivity contribution < 1.29 is 19.1 Å². The molecule has 2 bridgehead atoms. The second-order valence-corrected chi connectivity index (χ2v) is 10.5. The van der Waals surface area contributed by atoms with E-state index in [1.807, 2.05) is 19.1 Å². The fourth-order valence-corrected chi connectivity index (χ4v) is 8.08. The van der Waals surface area contributed by atoms with E-state index in [-0.39, 0.29) is 25.0 Å². The van der Waals surface area contributed by atoms with Gasteiger partial charge in [0.05, 0.1) is 17.5 Å². The summed E-state index contributed by atoms with van der Waals surface area (Å²) in [7, 11) is 4.49. The maximum absolute atomic E-state index is 13.5. The zero-order chi connectivity index (χ0) is 19.2. The second kappa shape index (κ2) is 5.06. The average Bonchev–Trinajstić information content (AvgIpc) is 3.23. The fourth-order valence-electron chi connectivity index (χ4n) is 4.50. The van der Waals surface area contributed by atoms with Gasteiger partial charge in [0.1, 0.15) is 0 Å². The third-order valence-corrected chi connectivity index (χ3v) is 9.76. The van der Waals surface area contributed by atoms with Crippen molar-refractivity contribution in [3.8, 4) is 17.6 Å². The Bertz CT molecular complexity index is 949. The highest BCUT2D eigenvalue weighted by atomic mass is 33.1. The molecule has 0 aromatic heterocycles. The number of benzene rings is 1. The van der Waals surface area contributed by atoms with Crippen molar-refractivity contribution in [3.63, 3.8) is 0 Å². The molecule has 4 saturated heterocycles. The zero-order valence-corrected chi connectivity index (χ0v) is 16.6. The molecule has 0 aliphatic carbocycles. The van der Waals surface area contributed by atoms with Crippen molar-refractivity contribution in [2.45, 2.75) is 36.1 Å². The fraction of sp³-hybridized carbons (Fsp3) is 0.500. The van der Waals surface area contributed by atoms with Crippen LogP contribution in [0.25, 0.3) is 0 Å². The van der Waals surface area contributed by atoms with E-state index in [2.05, 4.69) is 6.07 Å². The predicted molar refractivity (Wildman–Crippen MR) is 99.6 cm³/mol. The van der Waals surface area contributed by atoms with Gasteiger partial charge in [-0.15, -0.1) is 0 Å². The van der Waals surface area contributed by atoms with Crippen LogP contribution in [0.5, 0.6) is 11.5 Å². The summed E-state index contributed by atoms with van der Waals surface area (Å²) in [6, 6.07) is 7.35. The first kappa shape index (κ1) is 17.1. The van der Waals surface area contributed by atoms with Gasteiger partial charge in [-0.2, -0.15) is 5.26 Å². The Kier molecular flexibility index (Phi) is 3.20. The molecular formula is C18H17N3O4S2. The molecule has 4 fully saturated rings. The van der Waals surface area contributed by atoms with Crippen molar-refractivity contribution >= 4 is 33.4 Å². The van der Waals surface area contributed by atoms with E-state index in [0.717, 1.165) is 5.56 Å². The largest absolute Gasteiger partial charge is 0.454 e. The van der Waals surface area contributed by atoms with Crippen LogP contribution in [0, 0.1) is 16.7 Å². The van der Waals surface area contributed by atoms with Gasteiger partial charge in [-0.05, 0) is 31.5 Å². The molecule has 5 aliphatic heterocycles. The Morgan fingerprint density at radius 3 is 2.67 bits per heavy atom. The lowest BCUT2D eigenvalue weighted by atomic mass is 9.79. The Morgan fingerprint density at radius 1 is 1.19 bits per heavy atom. The summed E-state index contributed by atoms with van der Waals surface area (Å²) in [5.41, 5.74) is -0.117. The van der Waals surface area contributed by atoms with Crippen LogP contribution in [0.1, 0.15) is 31.9 Å². The maximum atomic E-state index is 13.5. The zero-order valence-electron chi connectivity index (χ0n) is 15.0. The lowest BCUT2D eigenvalue weighted by molar-refractivity contribution is -0.164. The number of amides is 2. The number of likely N-dealkylation sites (N-methyl/N-ethyl adjacent to an activating group) is 1. The summed E-state index contributed by atoms with van der Waals surface area (Å²) in [6.07, 6.45) is 0.290. The highest BCUT2D eigenvalue weighted by Crippen LogP contribution is 2.69. The lowest BCUT2D eigenvalue weighted by Crippen LogP contribution is -2.73. The normalized spacial score (nSPS) is 39.0. The molecule has 6 rings (SSSR count). The number of carbonyl (C=O) groups is 2. The van der Waals surface area contributed by atoms with Gasteiger partial charge >= 0.3 is 0 Å². The molecule has 1 aromatic rings. The highest BCUT2D eigenvalue weighted by molar-refractivity contribution is 8.78. The van der Waals surface area contributed by atoms with Crippen molar-refractivity contribution in [2.24, 2.45) is 5.41 Å². The van der Waals surface area contributed by atoms with E-state index >= 15 is 0 Å². The first-order chi connectivity index (χ1) is 12.8. The smallest absolute Gasteiger partial charge is 0.261 e. The van der Waals surface area contributed by atoms with E-state index < -0.39 is 21.2 Å². The van der Waals surface area contributed by atoms with Crippen LogP contribution < -0.4 is 9.47 Å². The summed E-state index contributed by atoms with van der Waals surface area (Å²) in [6.45, 7) is 3.75. The van der Waals surface area contributed by atoms with Crippen LogP contribution >= 0.6 is 21.6 Å². The van der Waals surface area contributed by atoms with Crippen molar-refractivity contribution in [2.75, 3.05) is 13.8 Å². The maximum Gasteiger partial charge on any atom is 0.261 e. The summed E-state index contributed by atoms with van der Waals surface area (Å²) >= 11 is 0. The second-order valence-electron chi connectivity index (χ2n) is 7.69. The number of hydrogen-bond acceptors (Lipinski definition) is 7. The summed E-state index contributed by atoms with van der Waals surface area (Å²) in [5, 5.41) is 10.0. The Balaban J connectivity index is 1.71. The molecule has 0 radical (unpaired) electrons. The molecular weight excluding hydrogens is 386 g/mol. The quantitative estimate of drug-likeness (QED) is 0.666. The van der Waals surface area contributed by atoms with E-state index in [9.17, 15) is 14.9 Å². The number of piperazine rings is 1. The molecule has 4 atom stereocenters. The van der Waals surface area contributed by atoms with Crippen molar-refractivity contribution in [1.29, 1.82) is 5.26 Å². The predicted octanol–water partition coefficient (Wildman–Crippen LogP) is 2.50. The number of rotatable bonds is 1. The van der Waals surface area contributed by atoms with Gasteiger partial charge < -0.3 is 19.3 Å². The topological polar surface area (TPSA) is 82.9 Å². The molecule has 1 aromatic carbocycles. The highest BCUT2D eigenvalue weighted by Gasteiger charge is 2.74. The molecule has 5 aliphatic rings. The minimum absolute atomic E-state index is 0.113. The standard InChI is InChI=1S/C18H17N3O4S2/c1-16(8-19)7-18-15(23)20(3)17(2,26-27-18)14(22)21(18)13(16)10-4-5-11-12(6-10)25-9-24-11/h4-6,13H,7,9H2,1-3H3/t13-,16-,17+,18+/m0/s1. The SMILES string of the molecule is CN1C(=O)[C@]23C[C@@](C)(C#N)[C@H](c4ccc5c(c4)OCO5)N2C(=O)[C@@]1(C)SS3. The number of nitrogens with zero attached hydrogens (tertiary/aromatic N) is 3. The number of hydrogen-bond donors (Lipinski definition) is 0. The van der Waals surface area contributed by atoms with Gasteiger partial charge in [-0.3, -0.25) is 9.59 Å². The van der Waals surface area contributed by atoms with E-state index in [1.165, 1.54) is 26.5 Å². The molecule has 7 nitrogen and oxygen atoms in total. The number of fused-ring (bicyclic) bond motifs is 3. The summed E-state index contributed by atoms with van der Waals surface area (Å²) in [4.78, 5) is 27.9. The number of carbonyl (C=O) groups excluding carboxylic acids is 2. The van der Waals surface area contributed by atoms with Crippen molar-refractivity contribution in [1.82, 2.24) is 9.80 Å². The van der Waals surface area contributed by atoms with Crippen molar-refractivity contribution in [3.05, 3.63) is 23.8 Å². The third-order valence-electron chi connectivity index (χ3n) is 6.06. The molecule has 0 N–H and O–H groups in total. The monoisotopic (exact) mass is 403 g/mol. The average molecular weight is 403 g/mol. The van der Waals surface area contributed by atoms with Crippen LogP contribution in [-0.4, -0.2) is 45.2 Å². The molecule has 5 heterocycles. The lowest BCUT2D eigenvalue weighted by Gasteiger charge is -2.57. The minimum Gasteiger partial charge on any atom is -0.454 e. The molecule has 0 unspecified atom stereocenters. The van der Waals surface area contributed by atoms with Gasteiger partial charge in [0.25, 0.3) is 11.8 Å². The minimum atomic E-state index is -1.06. The van der Waals surface area contributed by atoms with Crippen LogP contribution in [0.3, 0.4) is 0 Å². The molecule has 140 valence electrons. The number of nitriles is 1. The van der Waals surface area contributed by atoms with Crippen LogP contribution in [0.2, 0.25) is 0 Å². The Morgan fingerprint density at radius 2 is 1.93 bits per heavy atom. The van der Waals surface area contributed by atoms with Gasteiger partial charge in [0.15, 0.2) is 21.2 Å². The molecule has 9 heteroatoms. The molecule has 27 heavy (non-hydrogen) atoms. The van der Waals surface area contributed by atoms with Gasteiger partial charge in [-0.25, -0.2) is 0 Å². The molecule has 1 spiro atoms. The van der Waals surface area contributed by atoms with E-state index in [0.29, 0.717) is 11.5 Å². The molecule has 2 amide bonds. The first-order valence-corrected chi connectivity index (χ1v) is 10.7. The number of ether oxygens (including phenoxy) is 2. The Labute approximate surface area is 164 Å². The molecule has 0 saturated carbocycles. The summed E-state index contributed by atoms with van der Waals surface area (Å²) < 4.78 is 10.9. The van der Waals surface area contributed by atoms with Crippen LogP contribution in [0.4, 0.5) is 0 Å². The van der Waals surface area contributed by atoms with E-state index in [1.54, 1.807) is 24.9 Å². The summed E-state index contributed by atoms with van der Waals surface area (Å²) in [5.74, 6) is 0.998. The van der Waals surface area contributed by atoms with Gasteiger partial charge in [0, 0.05) is 13.5 Å². The van der Waals surface area contributed by atoms with Gasteiger partial charge in [0.2, 0.25) is 6.79 Å². The van der Waals surface area contributed by atoms with Crippen LogP contribution in [-0.2, 0) is 9.59 Å². The van der Waals surface area contributed by atoms with Crippen LogP contribution in [0.15, 0.2) is 18.2 Å².